The molecule has 0 bridgehead atoms. The lowest BCUT2D eigenvalue weighted by Crippen LogP contribution is -2.37. The number of amides is 1. The topological polar surface area (TPSA) is 81.4 Å². The normalized spacial score (nSPS) is 11.7. The summed E-state index contributed by atoms with van der Waals surface area (Å²) in [6.45, 7) is 0.603. The number of hydrogen-bond acceptors (Lipinski definition) is 4. The van der Waals surface area contributed by atoms with Gasteiger partial charge < -0.3 is 20.6 Å². The maximum Gasteiger partial charge on any atom is 0.224 e. The predicted molar refractivity (Wildman–Crippen MR) is 77.6 cm³/mol. The smallest absolute Gasteiger partial charge is 0.224 e. The van der Waals surface area contributed by atoms with E-state index >= 15 is 0 Å². The lowest BCUT2D eigenvalue weighted by molar-refractivity contribution is -0.123. The molecule has 110 valence electrons. The molecule has 0 spiro atoms. The number of hydrogen-bond donors (Lipinski definition) is 2. The van der Waals surface area contributed by atoms with Crippen LogP contribution >= 0.6 is 0 Å². The lowest BCUT2D eigenvalue weighted by atomic mass is 10.1. The summed E-state index contributed by atoms with van der Waals surface area (Å²) < 4.78 is 5.05. The third-order valence-corrected chi connectivity index (χ3v) is 3.00. The third kappa shape index (κ3) is 5.84. The second kappa shape index (κ2) is 9.09. The predicted octanol–water partition coefficient (Wildman–Crippen LogP) is 1.05. The van der Waals surface area contributed by atoms with E-state index in [-0.39, 0.29) is 12.3 Å². The van der Waals surface area contributed by atoms with Crippen molar-refractivity contribution >= 4 is 12.2 Å². The maximum atomic E-state index is 11.8. The number of unbranched alkanes of at least 4 members (excludes halogenated alkanes) is 1. The minimum absolute atomic E-state index is 0.153. The highest BCUT2D eigenvalue weighted by Gasteiger charge is 2.11. The van der Waals surface area contributed by atoms with Crippen LogP contribution in [0.4, 0.5) is 0 Å². The van der Waals surface area contributed by atoms with Crippen LogP contribution < -0.4 is 15.8 Å². The van der Waals surface area contributed by atoms with Crippen LogP contribution in [0.15, 0.2) is 24.3 Å². The van der Waals surface area contributed by atoms with E-state index in [1.54, 1.807) is 19.2 Å². The van der Waals surface area contributed by atoms with E-state index in [2.05, 4.69) is 5.32 Å². The zero-order valence-corrected chi connectivity index (χ0v) is 11.8. The van der Waals surface area contributed by atoms with E-state index in [0.717, 1.165) is 30.4 Å². The summed E-state index contributed by atoms with van der Waals surface area (Å²) in [4.78, 5) is 22.8. The Balaban J connectivity index is 2.42. The van der Waals surface area contributed by atoms with Gasteiger partial charge in [-0.1, -0.05) is 12.1 Å². The molecule has 0 heterocycles. The van der Waals surface area contributed by atoms with Crippen LogP contribution in [-0.2, 0) is 16.0 Å². The van der Waals surface area contributed by atoms with Crippen molar-refractivity contribution in [2.24, 2.45) is 5.73 Å². The van der Waals surface area contributed by atoms with Crippen molar-refractivity contribution in [3.05, 3.63) is 29.8 Å². The van der Waals surface area contributed by atoms with E-state index in [1.807, 2.05) is 12.1 Å². The molecule has 0 saturated carbocycles. The molecule has 0 saturated heterocycles. The summed E-state index contributed by atoms with van der Waals surface area (Å²) in [5.74, 6) is 0.599. The minimum atomic E-state index is -0.424. The molecule has 0 aromatic heterocycles. The highest BCUT2D eigenvalue weighted by atomic mass is 16.5. The van der Waals surface area contributed by atoms with Gasteiger partial charge in [0.15, 0.2) is 0 Å². The molecule has 1 atom stereocenters. The van der Waals surface area contributed by atoms with Crippen molar-refractivity contribution in [3.8, 4) is 5.75 Å². The Kier molecular flexibility index (Phi) is 7.35. The third-order valence-electron chi connectivity index (χ3n) is 3.00. The van der Waals surface area contributed by atoms with Crippen molar-refractivity contribution in [1.29, 1.82) is 0 Å². The van der Waals surface area contributed by atoms with Crippen molar-refractivity contribution in [1.82, 2.24) is 5.32 Å². The monoisotopic (exact) mass is 278 g/mol. The van der Waals surface area contributed by atoms with Crippen molar-refractivity contribution in [3.63, 3.8) is 0 Å². The minimum Gasteiger partial charge on any atom is -0.497 e. The van der Waals surface area contributed by atoms with E-state index in [0.29, 0.717) is 13.0 Å². The Morgan fingerprint density at radius 1 is 1.35 bits per heavy atom. The summed E-state index contributed by atoms with van der Waals surface area (Å²) in [5, 5.41) is 2.72. The Morgan fingerprint density at radius 2 is 2.05 bits per heavy atom. The second-order valence-corrected chi connectivity index (χ2v) is 4.62. The van der Waals surface area contributed by atoms with Crippen molar-refractivity contribution in [2.75, 3.05) is 13.7 Å². The fourth-order valence-electron chi connectivity index (χ4n) is 1.87. The van der Waals surface area contributed by atoms with Crippen molar-refractivity contribution < 1.29 is 14.3 Å². The van der Waals surface area contributed by atoms with Gasteiger partial charge >= 0.3 is 0 Å². The zero-order valence-electron chi connectivity index (χ0n) is 11.8. The van der Waals surface area contributed by atoms with Crippen LogP contribution in [0.25, 0.3) is 0 Å². The van der Waals surface area contributed by atoms with Gasteiger partial charge in [-0.25, -0.2) is 0 Å². The Morgan fingerprint density at radius 3 is 2.60 bits per heavy atom. The van der Waals surface area contributed by atoms with Crippen LogP contribution in [-0.4, -0.2) is 31.9 Å². The summed E-state index contributed by atoms with van der Waals surface area (Å²) in [5.41, 5.74) is 6.28. The molecule has 0 aliphatic carbocycles. The first kappa shape index (κ1) is 16.2. The molecule has 20 heavy (non-hydrogen) atoms. The zero-order chi connectivity index (χ0) is 14.8. The van der Waals surface area contributed by atoms with E-state index in [1.165, 1.54) is 0 Å². The fourth-order valence-corrected chi connectivity index (χ4v) is 1.87. The van der Waals surface area contributed by atoms with Gasteiger partial charge in [-0.2, -0.15) is 0 Å². The number of methoxy groups -OCH3 is 1. The van der Waals surface area contributed by atoms with Crippen LogP contribution in [0.3, 0.4) is 0 Å². The summed E-state index contributed by atoms with van der Waals surface area (Å²) in [7, 11) is 1.59. The molecule has 5 nitrogen and oxygen atoms in total. The number of carbonyl (C=O) groups excluding carboxylic acids is 2. The molecule has 1 rings (SSSR count). The number of benzene rings is 1. The number of carbonyl (C=O) groups is 2. The summed E-state index contributed by atoms with van der Waals surface area (Å²) in [6, 6.07) is 6.86. The Hall–Kier alpha value is -1.88. The molecule has 0 fully saturated rings. The van der Waals surface area contributed by atoms with Crippen molar-refractivity contribution in [2.45, 2.75) is 31.7 Å². The SMILES string of the molecule is COc1ccc(CC(=O)N[C@@H](C=O)CCCCN)cc1. The van der Waals surface area contributed by atoms with Gasteiger partial charge in [-0.15, -0.1) is 0 Å². The molecule has 0 unspecified atom stereocenters. The van der Waals surface area contributed by atoms with Crippen LogP contribution in [0, 0.1) is 0 Å². The summed E-state index contributed by atoms with van der Waals surface area (Å²) >= 11 is 0. The van der Waals surface area contributed by atoms with Crippen LogP contribution in [0.1, 0.15) is 24.8 Å². The number of ether oxygens (including phenoxy) is 1. The Bertz CT molecular complexity index is 418. The molecule has 0 aliphatic rings. The maximum absolute atomic E-state index is 11.8. The molecule has 1 amide bonds. The van der Waals surface area contributed by atoms with E-state index < -0.39 is 6.04 Å². The second-order valence-electron chi connectivity index (χ2n) is 4.62. The number of aldehydes is 1. The molecule has 0 aliphatic heterocycles. The molecule has 5 heteroatoms. The van der Waals surface area contributed by atoms with Gasteiger partial charge in [-0.05, 0) is 43.5 Å². The van der Waals surface area contributed by atoms with Gasteiger partial charge in [0.1, 0.15) is 12.0 Å². The first-order valence-corrected chi connectivity index (χ1v) is 6.77. The number of rotatable bonds is 9. The van der Waals surface area contributed by atoms with Crippen LogP contribution in [0.5, 0.6) is 5.75 Å². The average Bonchev–Trinajstić information content (AvgIpc) is 2.47. The first-order valence-electron chi connectivity index (χ1n) is 6.77. The van der Waals surface area contributed by atoms with Gasteiger partial charge in [0.05, 0.1) is 19.6 Å². The molecule has 1 aromatic rings. The van der Waals surface area contributed by atoms with E-state index in [4.69, 9.17) is 10.5 Å². The standard InChI is InChI=1S/C15H22N2O3/c1-20-14-7-5-12(6-8-14)10-15(19)17-13(11-18)4-2-3-9-16/h5-8,11,13H,2-4,9-10,16H2,1H3,(H,17,19)/t13-/m1/s1. The van der Waals surface area contributed by atoms with Gasteiger partial charge in [0, 0.05) is 0 Å². The van der Waals surface area contributed by atoms with Gasteiger partial charge in [-0.3, -0.25) is 4.79 Å². The lowest BCUT2D eigenvalue weighted by Gasteiger charge is -2.12. The molecular formula is C15H22N2O3. The molecule has 3 N–H and O–H groups in total. The van der Waals surface area contributed by atoms with Gasteiger partial charge in [0.25, 0.3) is 0 Å². The Labute approximate surface area is 119 Å². The first-order chi connectivity index (χ1) is 9.69. The van der Waals surface area contributed by atoms with Crippen LogP contribution in [0.2, 0.25) is 0 Å². The fraction of sp³-hybridized carbons (Fsp3) is 0.467. The number of nitrogens with one attached hydrogen (secondary N) is 1. The summed E-state index contributed by atoms with van der Waals surface area (Å²) in [6.07, 6.45) is 3.37. The van der Waals surface area contributed by atoms with E-state index in [9.17, 15) is 9.59 Å². The molecule has 1 aromatic carbocycles. The molecular weight excluding hydrogens is 256 g/mol. The average molecular weight is 278 g/mol. The van der Waals surface area contributed by atoms with Gasteiger partial charge in [0.2, 0.25) is 5.91 Å². The number of nitrogens with two attached hydrogens (primary N) is 1. The highest BCUT2D eigenvalue weighted by Crippen LogP contribution is 2.11. The molecule has 0 radical (unpaired) electrons. The quantitative estimate of drug-likeness (QED) is 0.522. The largest absolute Gasteiger partial charge is 0.497 e. The highest BCUT2D eigenvalue weighted by molar-refractivity contribution is 5.81.